The number of hydrogen-bond acceptors (Lipinski definition) is 4. The Labute approximate surface area is 167 Å². The van der Waals surface area contributed by atoms with E-state index in [0.717, 1.165) is 11.1 Å². The Hall–Kier alpha value is -3.44. The summed E-state index contributed by atoms with van der Waals surface area (Å²) in [6.45, 7) is 1.92. The van der Waals surface area contributed by atoms with Gasteiger partial charge in [0.2, 0.25) is 0 Å². The highest BCUT2D eigenvalue weighted by Crippen LogP contribution is 2.18. The van der Waals surface area contributed by atoms with E-state index < -0.39 is 5.97 Å². The molecule has 0 atom stereocenters. The minimum Gasteiger partial charge on any atom is -0.423 e. The zero-order valence-corrected chi connectivity index (χ0v) is 15.8. The lowest BCUT2D eigenvalue weighted by atomic mass is 10.1. The number of hydrogen-bond donors (Lipinski definition) is 1. The lowest BCUT2D eigenvalue weighted by Crippen LogP contribution is -2.17. The van der Waals surface area contributed by atoms with E-state index in [9.17, 15) is 9.59 Å². The van der Waals surface area contributed by atoms with Crippen LogP contribution in [-0.4, -0.2) is 18.1 Å². The second-order valence-electron chi connectivity index (χ2n) is 6.01. The molecule has 140 valence electrons. The van der Waals surface area contributed by atoms with Crippen LogP contribution in [0.3, 0.4) is 0 Å². The topological polar surface area (TPSA) is 67.8 Å². The molecular weight excluding hydrogens is 376 g/mol. The predicted molar refractivity (Wildman–Crippen MR) is 109 cm³/mol. The Kier molecular flexibility index (Phi) is 6.19. The fourth-order valence-corrected chi connectivity index (χ4v) is 2.64. The van der Waals surface area contributed by atoms with Crippen molar-refractivity contribution < 1.29 is 14.3 Å². The number of hydrazone groups is 1. The molecule has 0 aliphatic carbocycles. The third-order valence-corrected chi connectivity index (χ3v) is 4.17. The van der Waals surface area contributed by atoms with E-state index in [2.05, 4.69) is 10.5 Å². The van der Waals surface area contributed by atoms with Crippen LogP contribution in [0, 0.1) is 6.92 Å². The highest BCUT2D eigenvalue weighted by Gasteiger charge is 2.12. The smallest absolute Gasteiger partial charge is 0.345 e. The van der Waals surface area contributed by atoms with Gasteiger partial charge in [-0.1, -0.05) is 41.4 Å². The second-order valence-corrected chi connectivity index (χ2v) is 6.41. The summed E-state index contributed by atoms with van der Waals surface area (Å²) in [5.41, 5.74) is 5.06. The number of nitrogens with zero attached hydrogens (tertiary/aromatic N) is 1. The summed E-state index contributed by atoms with van der Waals surface area (Å²) >= 11 is 5.99. The molecule has 0 radical (unpaired) electrons. The first-order valence-corrected chi connectivity index (χ1v) is 8.87. The molecule has 0 saturated carbocycles. The summed E-state index contributed by atoms with van der Waals surface area (Å²) in [4.78, 5) is 24.2. The molecular formula is C22H17ClN2O3. The third kappa shape index (κ3) is 5.05. The third-order valence-electron chi connectivity index (χ3n) is 3.84. The molecule has 0 unspecified atom stereocenters. The number of benzene rings is 3. The lowest BCUT2D eigenvalue weighted by molar-refractivity contribution is 0.0734. The van der Waals surface area contributed by atoms with Gasteiger partial charge in [-0.3, -0.25) is 4.79 Å². The molecule has 0 spiro atoms. The molecule has 5 nitrogen and oxygen atoms in total. The van der Waals surface area contributed by atoms with Crippen molar-refractivity contribution in [2.45, 2.75) is 6.92 Å². The standard InChI is InChI=1S/C22H17ClN2O3/c1-15-5-4-6-17(13-15)21(26)25-24-14-16-9-11-18(12-10-16)28-22(27)19-7-2-3-8-20(19)23/h2-14H,1H3,(H,25,26). The molecule has 3 rings (SSSR count). The van der Waals surface area contributed by atoms with Gasteiger partial charge in [-0.25, -0.2) is 10.2 Å². The first-order chi connectivity index (χ1) is 13.5. The quantitative estimate of drug-likeness (QED) is 0.298. The van der Waals surface area contributed by atoms with Crippen LogP contribution in [0.15, 0.2) is 77.9 Å². The van der Waals surface area contributed by atoms with E-state index >= 15 is 0 Å². The van der Waals surface area contributed by atoms with E-state index in [1.807, 2.05) is 19.1 Å². The summed E-state index contributed by atoms with van der Waals surface area (Å²) < 4.78 is 5.31. The molecule has 6 heteroatoms. The average Bonchev–Trinajstić information content (AvgIpc) is 2.69. The van der Waals surface area contributed by atoms with Crippen molar-refractivity contribution in [2.75, 3.05) is 0 Å². The Bertz CT molecular complexity index is 1030. The Morgan fingerprint density at radius 3 is 2.46 bits per heavy atom. The van der Waals surface area contributed by atoms with Gasteiger partial charge in [0.05, 0.1) is 16.8 Å². The number of amides is 1. The zero-order valence-electron chi connectivity index (χ0n) is 15.1. The van der Waals surface area contributed by atoms with Gasteiger partial charge in [0.1, 0.15) is 5.75 Å². The molecule has 0 aliphatic heterocycles. The van der Waals surface area contributed by atoms with Crippen LogP contribution in [0.25, 0.3) is 0 Å². The number of aryl methyl sites for hydroxylation is 1. The van der Waals surface area contributed by atoms with Gasteiger partial charge in [0.15, 0.2) is 0 Å². The molecule has 1 N–H and O–H groups in total. The molecule has 0 heterocycles. The largest absolute Gasteiger partial charge is 0.423 e. The Morgan fingerprint density at radius 1 is 1.00 bits per heavy atom. The fraction of sp³-hybridized carbons (Fsp3) is 0.0455. The lowest BCUT2D eigenvalue weighted by Gasteiger charge is -2.06. The summed E-state index contributed by atoms with van der Waals surface area (Å²) in [7, 11) is 0. The van der Waals surface area contributed by atoms with Crippen LogP contribution >= 0.6 is 11.6 Å². The van der Waals surface area contributed by atoms with Crippen LogP contribution in [0.1, 0.15) is 31.8 Å². The number of esters is 1. The molecule has 0 aromatic heterocycles. The van der Waals surface area contributed by atoms with Gasteiger partial charge in [0.25, 0.3) is 5.91 Å². The maximum atomic E-state index is 12.1. The number of halogens is 1. The maximum absolute atomic E-state index is 12.1. The van der Waals surface area contributed by atoms with Crippen molar-refractivity contribution in [1.82, 2.24) is 5.43 Å². The number of carbonyl (C=O) groups is 2. The number of nitrogens with one attached hydrogen (secondary N) is 1. The van der Waals surface area contributed by atoms with Crippen molar-refractivity contribution in [1.29, 1.82) is 0 Å². The molecule has 0 bridgehead atoms. The SMILES string of the molecule is Cc1cccc(C(=O)NN=Cc2ccc(OC(=O)c3ccccc3Cl)cc2)c1. The van der Waals surface area contributed by atoms with E-state index in [-0.39, 0.29) is 5.91 Å². The first-order valence-electron chi connectivity index (χ1n) is 8.50. The molecule has 0 saturated heterocycles. The highest BCUT2D eigenvalue weighted by molar-refractivity contribution is 6.33. The Morgan fingerprint density at radius 2 is 1.75 bits per heavy atom. The van der Waals surface area contributed by atoms with E-state index in [1.54, 1.807) is 60.7 Å². The summed E-state index contributed by atoms with van der Waals surface area (Å²) in [6.07, 6.45) is 1.51. The molecule has 1 amide bonds. The minimum absolute atomic E-state index is 0.287. The van der Waals surface area contributed by atoms with Crippen LogP contribution in [0.4, 0.5) is 0 Å². The van der Waals surface area contributed by atoms with Gasteiger partial charge in [-0.15, -0.1) is 0 Å². The average molecular weight is 393 g/mol. The summed E-state index contributed by atoms with van der Waals surface area (Å²) in [6, 6.07) is 20.6. The van der Waals surface area contributed by atoms with Crippen molar-refractivity contribution in [2.24, 2.45) is 5.10 Å². The van der Waals surface area contributed by atoms with Crippen molar-refractivity contribution in [3.8, 4) is 5.75 Å². The van der Waals surface area contributed by atoms with E-state index in [4.69, 9.17) is 16.3 Å². The van der Waals surface area contributed by atoms with Crippen molar-refractivity contribution in [3.63, 3.8) is 0 Å². The van der Waals surface area contributed by atoms with Gasteiger partial charge in [-0.05, 0) is 61.0 Å². The molecule has 0 aliphatic rings. The van der Waals surface area contributed by atoms with Crippen LogP contribution in [0.5, 0.6) is 5.75 Å². The number of carbonyl (C=O) groups excluding carboxylic acids is 2. The van der Waals surface area contributed by atoms with Crippen molar-refractivity contribution in [3.05, 3.63) is 100 Å². The second kappa shape index (κ2) is 8.97. The van der Waals surface area contributed by atoms with E-state index in [1.165, 1.54) is 6.21 Å². The molecule has 0 fully saturated rings. The van der Waals surface area contributed by atoms with Crippen LogP contribution in [0.2, 0.25) is 5.02 Å². The monoisotopic (exact) mass is 392 g/mol. The Balaban J connectivity index is 1.58. The van der Waals surface area contributed by atoms with Crippen LogP contribution in [-0.2, 0) is 0 Å². The highest BCUT2D eigenvalue weighted by atomic mass is 35.5. The van der Waals surface area contributed by atoms with Crippen LogP contribution < -0.4 is 10.2 Å². The molecule has 28 heavy (non-hydrogen) atoms. The van der Waals surface area contributed by atoms with Gasteiger partial charge in [-0.2, -0.15) is 5.10 Å². The zero-order chi connectivity index (χ0) is 19.9. The van der Waals surface area contributed by atoms with Gasteiger partial charge >= 0.3 is 5.97 Å². The fourth-order valence-electron chi connectivity index (χ4n) is 2.43. The summed E-state index contributed by atoms with van der Waals surface area (Å²) in [5.74, 6) is -0.437. The summed E-state index contributed by atoms with van der Waals surface area (Å²) in [5, 5.41) is 4.28. The minimum atomic E-state index is -0.530. The number of ether oxygens (including phenoxy) is 1. The van der Waals surface area contributed by atoms with Crippen molar-refractivity contribution >= 4 is 29.7 Å². The maximum Gasteiger partial charge on any atom is 0.345 e. The predicted octanol–water partition coefficient (Wildman–Crippen LogP) is 4.63. The number of rotatable bonds is 5. The van der Waals surface area contributed by atoms with Gasteiger partial charge < -0.3 is 4.74 Å². The van der Waals surface area contributed by atoms with Gasteiger partial charge in [0, 0.05) is 5.56 Å². The molecule has 3 aromatic rings. The van der Waals surface area contributed by atoms with E-state index in [0.29, 0.717) is 21.9 Å². The molecule has 3 aromatic carbocycles. The first kappa shape index (κ1) is 19.3. The normalized spacial score (nSPS) is 10.6.